The first-order valence-electron chi connectivity index (χ1n) is 10.2. The molecule has 0 aliphatic carbocycles. The molecule has 8 N–H and O–H groups in total. The first-order chi connectivity index (χ1) is 14.9. The van der Waals surface area contributed by atoms with Gasteiger partial charge in [0.1, 0.15) is 17.8 Å². The molecular formula is C21H32N4O7. The number of phenolic OH excluding ortho intramolecular Hbond substituents is 1. The van der Waals surface area contributed by atoms with E-state index in [1.807, 2.05) is 13.8 Å². The van der Waals surface area contributed by atoms with Crippen molar-refractivity contribution in [3.8, 4) is 5.75 Å². The van der Waals surface area contributed by atoms with Crippen molar-refractivity contribution in [1.29, 1.82) is 0 Å². The molecular weight excluding hydrogens is 420 g/mol. The fourth-order valence-corrected chi connectivity index (χ4v) is 2.95. The Labute approximate surface area is 186 Å². The lowest BCUT2D eigenvalue weighted by atomic mass is 10.0. The van der Waals surface area contributed by atoms with Crippen LogP contribution < -0.4 is 21.7 Å². The van der Waals surface area contributed by atoms with Crippen LogP contribution in [0.15, 0.2) is 24.3 Å². The molecule has 11 heteroatoms. The summed E-state index contributed by atoms with van der Waals surface area (Å²) in [6.07, 6.45) is -1.09. The Balaban J connectivity index is 3.04. The van der Waals surface area contributed by atoms with Crippen LogP contribution in [0.5, 0.6) is 5.75 Å². The van der Waals surface area contributed by atoms with Crippen molar-refractivity contribution in [2.24, 2.45) is 11.7 Å². The Morgan fingerprint density at radius 2 is 1.50 bits per heavy atom. The van der Waals surface area contributed by atoms with Gasteiger partial charge in [-0.1, -0.05) is 26.0 Å². The summed E-state index contributed by atoms with van der Waals surface area (Å²) < 4.78 is 0. The Bertz CT molecular complexity index is 796. The zero-order chi connectivity index (χ0) is 24.4. The molecule has 0 aromatic heterocycles. The maximum atomic E-state index is 13.0. The number of amides is 3. The zero-order valence-corrected chi connectivity index (χ0v) is 18.4. The molecule has 0 aliphatic heterocycles. The van der Waals surface area contributed by atoms with E-state index < -0.39 is 47.9 Å². The molecule has 1 aromatic rings. The van der Waals surface area contributed by atoms with Crippen LogP contribution in [0, 0.1) is 5.92 Å². The summed E-state index contributed by atoms with van der Waals surface area (Å²) in [5.41, 5.74) is 5.98. The van der Waals surface area contributed by atoms with Crippen molar-refractivity contribution in [2.75, 3.05) is 6.54 Å². The average molecular weight is 453 g/mol. The van der Waals surface area contributed by atoms with Crippen LogP contribution in [0.4, 0.5) is 0 Å². The highest BCUT2D eigenvalue weighted by Crippen LogP contribution is 2.12. The van der Waals surface area contributed by atoms with E-state index in [4.69, 9.17) is 5.73 Å². The van der Waals surface area contributed by atoms with Crippen molar-refractivity contribution in [2.45, 2.75) is 57.8 Å². The number of aromatic hydroxyl groups is 1. The molecule has 0 spiro atoms. The van der Waals surface area contributed by atoms with Crippen LogP contribution in [0.1, 0.15) is 32.8 Å². The average Bonchev–Trinajstić information content (AvgIpc) is 2.71. The second-order valence-electron chi connectivity index (χ2n) is 7.95. The number of aliphatic hydroxyl groups is 1. The van der Waals surface area contributed by atoms with E-state index >= 15 is 0 Å². The molecule has 178 valence electrons. The summed E-state index contributed by atoms with van der Waals surface area (Å²) in [7, 11) is 0. The summed E-state index contributed by atoms with van der Waals surface area (Å²) in [4.78, 5) is 48.8. The SMILES string of the molecule is CC(C)CC(NC(=O)C(Cc1ccc(O)cc1)NC(=O)CN)C(=O)NC(C(=O)O)C(C)O. The van der Waals surface area contributed by atoms with E-state index in [0.29, 0.717) is 5.56 Å². The molecule has 1 rings (SSSR count). The van der Waals surface area contributed by atoms with Crippen molar-refractivity contribution >= 4 is 23.7 Å². The first-order valence-corrected chi connectivity index (χ1v) is 10.2. The molecule has 1 aromatic carbocycles. The lowest BCUT2D eigenvalue weighted by Gasteiger charge is -2.26. The molecule has 0 bridgehead atoms. The van der Waals surface area contributed by atoms with E-state index in [-0.39, 0.29) is 31.1 Å². The van der Waals surface area contributed by atoms with E-state index in [2.05, 4.69) is 16.0 Å². The lowest BCUT2D eigenvalue weighted by molar-refractivity contribution is -0.145. The van der Waals surface area contributed by atoms with Gasteiger partial charge in [-0.2, -0.15) is 0 Å². The Morgan fingerprint density at radius 3 is 1.97 bits per heavy atom. The molecule has 4 unspecified atom stereocenters. The monoisotopic (exact) mass is 452 g/mol. The second kappa shape index (κ2) is 12.6. The predicted molar refractivity (Wildman–Crippen MR) is 115 cm³/mol. The normalized spacial score (nSPS) is 14.7. The maximum Gasteiger partial charge on any atom is 0.328 e. The quantitative estimate of drug-likeness (QED) is 0.207. The van der Waals surface area contributed by atoms with Crippen molar-refractivity contribution in [1.82, 2.24) is 16.0 Å². The van der Waals surface area contributed by atoms with Gasteiger partial charge < -0.3 is 37.0 Å². The third-order valence-electron chi connectivity index (χ3n) is 4.60. The van der Waals surface area contributed by atoms with Gasteiger partial charge in [0.05, 0.1) is 12.6 Å². The van der Waals surface area contributed by atoms with Crippen LogP contribution in [0.2, 0.25) is 0 Å². The van der Waals surface area contributed by atoms with Crippen molar-refractivity contribution < 1.29 is 34.5 Å². The Kier molecular flexibility index (Phi) is 10.6. The number of hydrogen-bond donors (Lipinski definition) is 7. The molecule has 0 heterocycles. The number of hydrogen-bond acceptors (Lipinski definition) is 7. The van der Waals surface area contributed by atoms with Crippen molar-refractivity contribution in [3.63, 3.8) is 0 Å². The smallest absolute Gasteiger partial charge is 0.328 e. The number of carbonyl (C=O) groups is 4. The standard InChI is InChI=1S/C21H32N4O7/c1-11(2)8-15(20(30)25-18(12(3)26)21(31)32)24-19(29)16(23-17(28)10-22)9-13-4-6-14(27)7-5-13/h4-7,11-12,15-16,18,26-27H,8-10,22H2,1-3H3,(H,23,28)(H,24,29)(H,25,30)(H,31,32). The summed E-state index contributed by atoms with van der Waals surface area (Å²) in [6, 6.07) is 2.34. The van der Waals surface area contributed by atoms with Crippen LogP contribution in [0.25, 0.3) is 0 Å². The summed E-state index contributed by atoms with van der Waals surface area (Å²) in [5.74, 6) is -3.41. The van der Waals surface area contributed by atoms with Gasteiger partial charge in [-0.25, -0.2) is 4.79 Å². The van der Waals surface area contributed by atoms with Crippen LogP contribution in [-0.4, -0.2) is 69.8 Å². The van der Waals surface area contributed by atoms with Gasteiger partial charge in [-0.3, -0.25) is 14.4 Å². The lowest BCUT2D eigenvalue weighted by Crippen LogP contribution is -2.58. The highest BCUT2D eigenvalue weighted by molar-refractivity contribution is 5.93. The number of carboxylic acids is 1. The summed E-state index contributed by atoms with van der Waals surface area (Å²) >= 11 is 0. The van der Waals surface area contributed by atoms with Crippen LogP contribution in [0.3, 0.4) is 0 Å². The van der Waals surface area contributed by atoms with Gasteiger partial charge in [-0.15, -0.1) is 0 Å². The Hall–Kier alpha value is -3.18. The minimum atomic E-state index is -1.54. The minimum Gasteiger partial charge on any atom is -0.508 e. The molecule has 11 nitrogen and oxygen atoms in total. The minimum absolute atomic E-state index is 0.0324. The number of nitrogens with one attached hydrogen (secondary N) is 3. The number of nitrogens with two attached hydrogens (primary N) is 1. The number of rotatable bonds is 12. The molecule has 0 saturated carbocycles. The fourth-order valence-electron chi connectivity index (χ4n) is 2.95. The number of carboxylic acid groups (broad SMARTS) is 1. The van der Waals surface area contributed by atoms with Gasteiger partial charge in [0.25, 0.3) is 0 Å². The van der Waals surface area contributed by atoms with Gasteiger partial charge in [0, 0.05) is 6.42 Å². The summed E-state index contributed by atoms with van der Waals surface area (Å²) in [5, 5.41) is 35.5. The number of carbonyl (C=O) groups excluding carboxylic acids is 3. The van der Waals surface area contributed by atoms with Crippen molar-refractivity contribution in [3.05, 3.63) is 29.8 Å². The number of aliphatic carboxylic acids is 1. The fraction of sp³-hybridized carbons (Fsp3) is 0.524. The van der Waals surface area contributed by atoms with E-state index in [1.165, 1.54) is 19.1 Å². The van der Waals surface area contributed by atoms with Gasteiger partial charge in [-0.05, 0) is 37.0 Å². The Morgan fingerprint density at radius 1 is 0.938 bits per heavy atom. The molecule has 0 radical (unpaired) electrons. The number of phenols is 1. The molecule has 3 amide bonds. The number of benzene rings is 1. The topological polar surface area (TPSA) is 191 Å². The maximum absolute atomic E-state index is 13.0. The zero-order valence-electron chi connectivity index (χ0n) is 18.4. The van der Waals surface area contributed by atoms with Crippen LogP contribution >= 0.6 is 0 Å². The second-order valence-corrected chi connectivity index (χ2v) is 7.95. The predicted octanol–water partition coefficient (Wildman–Crippen LogP) is -1.14. The summed E-state index contributed by atoms with van der Waals surface area (Å²) in [6.45, 7) is 4.52. The van der Waals surface area contributed by atoms with Gasteiger partial charge in [0.15, 0.2) is 6.04 Å². The highest BCUT2D eigenvalue weighted by Gasteiger charge is 2.31. The van der Waals surface area contributed by atoms with Gasteiger partial charge in [0.2, 0.25) is 17.7 Å². The van der Waals surface area contributed by atoms with E-state index in [9.17, 15) is 34.5 Å². The molecule has 32 heavy (non-hydrogen) atoms. The van der Waals surface area contributed by atoms with Gasteiger partial charge >= 0.3 is 5.97 Å². The number of aliphatic hydroxyl groups excluding tert-OH is 1. The molecule has 0 aliphatic rings. The third kappa shape index (κ3) is 8.90. The van der Waals surface area contributed by atoms with E-state index in [0.717, 1.165) is 0 Å². The largest absolute Gasteiger partial charge is 0.508 e. The third-order valence-corrected chi connectivity index (χ3v) is 4.60. The molecule has 4 atom stereocenters. The highest BCUT2D eigenvalue weighted by atomic mass is 16.4. The first kappa shape index (κ1) is 26.9. The van der Waals surface area contributed by atoms with Crippen LogP contribution in [-0.2, 0) is 25.6 Å². The molecule has 0 fully saturated rings. The van der Waals surface area contributed by atoms with E-state index in [1.54, 1.807) is 12.1 Å². The molecule has 0 saturated heterocycles.